The molecular formula is C12H14F3N3O3. The molecule has 0 N–H and O–H groups in total. The van der Waals surface area contributed by atoms with E-state index in [1.165, 1.54) is 4.90 Å². The van der Waals surface area contributed by atoms with E-state index in [2.05, 4.69) is 5.10 Å². The van der Waals surface area contributed by atoms with Gasteiger partial charge in [0.15, 0.2) is 5.69 Å². The van der Waals surface area contributed by atoms with Gasteiger partial charge < -0.3 is 14.4 Å². The minimum absolute atomic E-state index is 0.0409. The van der Waals surface area contributed by atoms with Crippen molar-refractivity contribution in [2.45, 2.75) is 25.7 Å². The molecule has 0 saturated carbocycles. The number of alkyl halides is 3. The summed E-state index contributed by atoms with van der Waals surface area (Å²) in [4.78, 5) is 13.5. The predicted octanol–water partition coefficient (Wildman–Crippen LogP) is 0.791. The van der Waals surface area contributed by atoms with Crippen molar-refractivity contribution in [2.24, 2.45) is 0 Å². The number of fused-ring (bicyclic) bond motifs is 1. The van der Waals surface area contributed by atoms with E-state index in [4.69, 9.17) is 9.47 Å². The Bertz CT molecular complexity index is 550. The molecule has 0 spiro atoms. The highest BCUT2D eigenvalue weighted by Gasteiger charge is 2.40. The Balaban J connectivity index is 1.88. The maximum atomic E-state index is 13.0. The molecule has 1 fully saturated rings. The van der Waals surface area contributed by atoms with Gasteiger partial charge in [-0.1, -0.05) is 0 Å². The first-order valence-corrected chi connectivity index (χ1v) is 6.56. The van der Waals surface area contributed by atoms with E-state index in [9.17, 15) is 18.0 Å². The Hall–Kier alpha value is -1.61. The molecule has 0 radical (unpaired) electrons. The van der Waals surface area contributed by atoms with Crippen molar-refractivity contribution in [1.82, 2.24) is 14.7 Å². The van der Waals surface area contributed by atoms with Crippen LogP contribution in [0.1, 0.15) is 17.0 Å². The molecule has 1 aromatic heterocycles. The lowest BCUT2D eigenvalue weighted by molar-refractivity contribution is -0.143. The zero-order valence-corrected chi connectivity index (χ0v) is 11.2. The molecule has 2 aliphatic rings. The molecule has 0 atom stereocenters. The highest BCUT2D eigenvalue weighted by Crippen LogP contribution is 2.34. The molecule has 116 valence electrons. The fourth-order valence-electron chi connectivity index (χ4n) is 2.51. The van der Waals surface area contributed by atoms with Crippen molar-refractivity contribution < 1.29 is 27.4 Å². The molecule has 0 aromatic carbocycles. The van der Waals surface area contributed by atoms with E-state index in [1.54, 1.807) is 0 Å². The van der Waals surface area contributed by atoms with E-state index < -0.39 is 11.9 Å². The Labute approximate surface area is 118 Å². The van der Waals surface area contributed by atoms with Gasteiger partial charge in [-0.3, -0.25) is 9.48 Å². The van der Waals surface area contributed by atoms with Crippen LogP contribution in [0.5, 0.6) is 0 Å². The number of aromatic nitrogens is 2. The van der Waals surface area contributed by atoms with Crippen molar-refractivity contribution in [3.05, 3.63) is 17.0 Å². The minimum Gasteiger partial charge on any atom is -0.376 e. The summed E-state index contributed by atoms with van der Waals surface area (Å²) in [6, 6.07) is 0. The third-order valence-electron chi connectivity index (χ3n) is 3.55. The molecule has 3 heterocycles. The number of rotatable bonds is 2. The topological polar surface area (TPSA) is 56.6 Å². The monoisotopic (exact) mass is 305 g/mol. The molecule has 1 aromatic rings. The van der Waals surface area contributed by atoms with Gasteiger partial charge in [-0.2, -0.15) is 18.3 Å². The van der Waals surface area contributed by atoms with Crippen LogP contribution in [0.2, 0.25) is 0 Å². The summed E-state index contributed by atoms with van der Waals surface area (Å²) in [6.07, 6.45) is -4.22. The van der Waals surface area contributed by atoms with E-state index in [0.29, 0.717) is 31.9 Å². The smallest absolute Gasteiger partial charge is 0.376 e. The minimum atomic E-state index is -4.55. The van der Waals surface area contributed by atoms with Crippen LogP contribution in [-0.2, 0) is 40.0 Å². The van der Waals surface area contributed by atoms with E-state index in [0.717, 1.165) is 4.68 Å². The maximum Gasteiger partial charge on any atom is 0.435 e. The Morgan fingerprint density at radius 1 is 1.29 bits per heavy atom. The van der Waals surface area contributed by atoms with Crippen molar-refractivity contribution in [2.75, 3.05) is 26.5 Å². The molecule has 3 rings (SSSR count). The second-order valence-corrected chi connectivity index (χ2v) is 4.93. The Morgan fingerprint density at radius 2 is 2.10 bits per heavy atom. The van der Waals surface area contributed by atoms with Crippen LogP contribution in [-0.4, -0.2) is 47.1 Å². The third-order valence-corrected chi connectivity index (χ3v) is 3.55. The molecule has 21 heavy (non-hydrogen) atoms. The normalized spacial score (nSPS) is 18.9. The van der Waals surface area contributed by atoms with Gasteiger partial charge in [0, 0.05) is 24.2 Å². The van der Waals surface area contributed by atoms with Gasteiger partial charge in [-0.15, -0.1) is 0 Å². The van der Waals surface area contributed by atoms with E-state index in [-0.39, 0.29) is 31.4 Å². The number of carbonyl (C=O) groups excluding carboxylic acids is 1. The molecule has 0 aliphatic carbocycles. The SMILES string of the molecule is O=C(Cn1nc(C(F)(F)F)c2c1CCOC2)N1CCOC1. The summed E-state index contributed by atoms with van der Waals surface area (Å²) in [5.74, 6) is -0.294. The van der Waals surface area contributed by atoms with Gasteiger partial charge in [-0.05, 0) is 0 Å². The first-order chi connectivity index (χ1) is 9.97. The number of ether oxygens (including phenoxy) is 2. The summed E-state index contributed by atoms with van der Waals surface area (Å²) in [5, 5.41) is 3.60. The highest BCUT2D eigenvalue weighted by atomic mass is 19.4. The molecule has 0 bridgehead atoms. The fraction of sp³-hybridized carbons (Fsp3) is 0.667. The molecule has 9 heteroatoms. The lowest BCUT2D eigenvalue weighted by Crippen LogP contribution is -2.32. The van der Waals surface area contributed by atoms with Crippen LogP contribution in [0.15, 0.2) is 0 Å². The highest BCUT2D eigenvalue weighted by molar-refractivity contribution is 5.76. The average Bonchev–Trinajstić information content (AvgIpc) is 3.06. The molecular weight excluding hydrogens is 291 g/mol. The number of amides is 1. The van der Waals surface area contributed by atoms with E-state index in [1.807, 2.05) is 0 Å². The molecule has 1 amide bonds. The van der Waals surface area contributed by atoms with Gasteiger partial charge in [0.1, 0.15) is 13.3 Å². The van der Waals surface area contributed by atoms with Gasteiger partial charge in [0.05, 0.1) is 19.8 Å². The van der Waals surface area contributed by atoms with Crippen molar-refractivity contribution in [1.29, 1.82) is 0 Å². The average molecular weight is 305 g/mol. The van der Waals surface area contributed by atoms with Gasteiger partial charge in [0.2, 0.25) is 5.91 Å². The molecule has 1 saturated heterocycles. The van der Waals surface area contributed by atoms with Crippen LogP contribution in [0.4, 0.5) is 13.2 Å². The summed E-state index contributed by atoms with van der Waals surface area (Å²) in [5.41, 5.74) is -0.482. The van der Waals surface area contributed by atoms with Crippen LogP contribution < -0.4 is 0 Å². The summed E-state index contributed by atoms with van der Waals surface area (Å²) < 4.78 is 50.2. The van der Waals surface area contributed by atoms with Crippen LogP contribution in [0.3, 0.4) is 0 Å². The Kier molecular flexibility index (Phi) is 3.62. The molecule has 6 nitrogen and oxygen atoms in total. The number of halogens is 3. The van der Waals surface area contributed by atoms with Crippen LogP contribution in [0, 0.1) is 0 Å². The van der Waals surface area contributed by atoms with Gasteiger partial charge in [-0.25, -0.2) is 0 Å². The maximum absolute atomic E-state index is 13.0. The fourth-order valence-corrected chi connectivity index (χ4v) is 2.51. The number of carbonyl (C=O) groups is 1. The second kappa shape index (κ2) is 5.30. The van der Waals surface area contributed by atoms with Crippen LogP contribution in [0.25, 0.3) is 0 Å². The largest absolute Gasteiger partial charge is 0.435 e. The second-order valence-electron chi connectivity index (χ2n) is 4.93. The van der Waals surface area contributed by atoms with Gasteiger partial charge >= 0.3 is 6.18 Å². The number of hydrogen-bond donors (Lipinski definition) is 0. The van der Waals surface area contributed by atoms with Crippen LogP contribution >= 0.6 is 0 Å². The van der Waals surface area contributed by atoms with E-state index >= 15 is 0 Å². The van der Waals surface area contributed by atoms with Crippen molar-refractivity contribution in [3.63, 3.8) is 0 Å². The van der Waals surface area contributed by atoms with Crippen molar-refractivity contribution in [3.8, 4) is 0 Å². The standard InChI is InChI=1S/C12H14F3N3O3/c13-12(14,15)11-8-6-20-3-1-9(8)18(16-11)5-10(19)17-2-4-21-7-17/h1-7H2. The molecule has 0 unspecified atom stereocenters. The molecule has 2 aliphatic heterocycles. The number of nitrogens with zero attached hydrogens (tertiary/aromatic N) is 3. The third kappa shape index (κ3) is 2.75. The van der Waals surface area contributed by atoms with Gasteiger partial charge in [0.25, 0.3) is 0 Å². The zero-order valence-electron chi connectivity index (χ0n) is 11.2. The Morgan fingerprint density at radius 3 is 2.76 bits per heavy atom. The number of hydrogen-bond acceptors (Lipinski definition) is 4. The quantitative estimate of drug-likeness (QED) is 0.811. The zero-order chi connectivity index (χ0) is 15.0. The summed E-state index contributed by atoms with van der Waals surface area (Å²) in [7, 11) is 0. The first-order valence-electron chi connectivity index (χ1n) is 6.56. The lowest BCUT2D eigenvalue weighted by Gasteiger charge is -2.17. The lowest BCUT2D eigenvalue weighted by atomic mass is 10.1. The van der Waals surface area contributed by atoms with Crippen molar-refractivity contribution >= 4 is 5.91 Å². The predicted molar refractivity (Wildman–Crippen MR) is 63.1 cm³/mol. The first kappa shape index (κ1) is 14.3. The summed E-state index contributed by atoms with van der Waals surface area (Å²) in [6.45, 7) is 1.09. The summed E-state index contributed by atoms with van der Waals surface area (Å²) >= 11 is 0.